The van der Waals surface area contributed by atoms with E-state index in [9.17, 15) is 4.79 Å². The number of hydrogen-bond acceptors (Lipinski definition) is 3. The summed E-state index contributed by atoms with van der Waals surface area (Å²) >= 11 is 6.18. The molecule has 0 spiro atoms. The lowest BCUT2D eigenvalue weighted by Gasteiger charge is -2.09. The van der Waals surface area contributed by atoms with Gasteiger partial charge in [-0.2, -0.15) is 0 Å². The maximum absolute atomic E-state index is 11.1. The SMILES string of the molecule is C=C1SC(=S)N(CC)C1=O.CC. The van der Waals surface area contributed by atoms with E-state index in [1.807, 2.05) is 20.8 Å². The summed E-state index contributed by atoms with van der Waals surface area (Å²) in [5.74, 6) is -0.0440. The number of thiocarbonyl (C=S) groups is 1. The maximum atomic E-state index is 11.1. The van der Waals surface area contributed by atoms with Gasteiger partial charge < -0.3 is 0 Å². The molecule has 1 aliphatic heterocycles. The molecule has 0 aromatic carbocycles. The number of carbonyl (C=O) groups is 1. The summed E-state index contributed by atoms with van der Waals surface area (Å²) in [5, 5.41) is 0. The molecule has 1 rings (SSSR count). The fraction of sp³-hybridized carbons (Fsp3) is 0.500. The predicted molar refractivity (Wildman–Crippen MR) is 58.1 cm³/mol. The molecule has 0 radical (unpaired) electrons. The Bertz CT molecular complexity index is 213. The first-order valence-corrected chi connectivity index (χ1v) is 5.12. The van der Waals surface area contributed by atoms with Crippen LogP contribution in [0, 0.1) is 0 Å². The lowest BCUT2D eigenvalue weighted by molar-refractivity contribution is -0.122. The van der Waals surface area contributed by atoms with Gasteiger partial charge in [-0.3, -0.25) is 9.69 Å². The Hall–Kier alpha value is -0.350. The Labute approximate surface area is 83.0 Å². The zero-order chi connectivity index (χ0) is 9.72. The van der Waals surface area contributed by atoms with E-state index in [0.29, 0.717) is 15.8 Å². The average Bonchev–Trinajstić information content (AvgIpc) is 2.31. The second kappa shape index (κ2) is 5.32. The standard InChI is InChI=1S/C6H7NOS2.C2H6/c1-3-7-5(8)4(2)10-6(7)9;1-2/h2-3H2,1H3;1-2H3. The molecule has 0 aromatic rings. The highest BCUT2D eigenvalue weighted by molar-refractivity contribution is 8.26. The molecule has 0 unspecified atom stereocenters. The molecular weight excluding hydrogens is 190 g/mol. The first-order valence-electron chi connectivity index (χ1n) is 3.89. The summed E-state index contributed by atoms with van der Waals surface area (Å²) in [4.78, 5) is 13.1. The van der Waals surface area contributed by atoms with Crippen LogP contribution in [-0.4, -0.2) is 21.7 Å². The van der Waals surface area contributed by atoms with Crippen LogP contribution in [-0.2, 0) is 4.79 Å². The molecule has 0 aromatic heterocycles. The Balaban J connectivity index is 0.000000561. The van der Waals surface area contributed by atoms with E-state index in [1.165, 1.54) is 11.8 Å². The van der Waals surface area contributed by atoms with E-state index in [4.69, 9.17) is 12.2 Å². The smallest absolute Gasteiger partial charge is 0.265 e. The summed E-state index contributed by atoms with van der Waals surface area (Å²) in [7, 11) is 0. The maximum Gasteiger partial charge on any atom is 0.265 e. The fourth-order valence-electron chi connectivity index (χ4n) is 0.710. The molecule has 0 atom stereocenters. The minimum absolute atomic E-state index is 0.0440. The van der Waals surface area contributed by atoms with Gasteiger partial charge in [0, 0.05) is 6.54 Å². The van der Waals surface area contributed by atoms with E-state index in [0.717, 1.165) is 0 Å². The van der Waals surface area contributed by atoms with Gasteiger partial charge in [-0.1, -0.05) is 44.4 Å². The number of amides is 1. The third-order valence-electron chi connectivity index (χ3n) is 1.23. The van der Waals surface area contributed by atoms with Crippen LogP contribution in [0.1, 0.15) is 20.8 Å². The molecule has 1 amide bonds. The number of hydrogen-bond donors (Lipinski definition) is 0. The number of rotatable bonds is 1. The molecule has 0 aliphatic carbocycles. The van der Waals surface area contributed by atoms with Gasteiger partial charge in [0.25, 0.3) is 5.91 Å². The molecule has 2 nitrogen and oxygen atoms in total. The number of likely N-dealkylation sites (N-methyl/N-ethyl adjacent to an activating group) is 1. The molecular formula is C8H13NOS2. The van der Waals surface area contributed by atoms with Gasteiger partial charge in [-0.25, -0.2) is 0 Å². The molecule has 1 fully saturated rings. The van der Waals surface area contributed by atoms with Crippen molar-refractivity contribution >= 4 is 34.2 Å². The van der Waals surface area contributed by atoms with Crippen LogP contribution in [0.25, 0.3) is 0 Å². The van der Waals surface area contributed by atoms with Gasteiger partial charge in [0.2, 0.25) is 0 Å². The molecule has 1 heterocycles. The molecule has 1 aliphatic rings. The zero-order valence-electron chi connectivity index (χ0n) is 7.59. The van der Waals surface area contributed by atoms with Crippen LogP contribution < -0.4 is 0 Å². The summed E-state index contributed by atoms with van der Waals surface area (Å²) in [5.41, 5.74) is 0. The van der Waals surface area contributed by atoms with Crippen LogP contribution in [0.5, 0.6) is 0 Å². The lowest BCUT2D eigenvalue weighted by atomic mass is 10.5. The van der Waals surface area contributed by atoms with E-state index < -0.39 is 0 Å². The van der Waals surface area contributed by atoms with Gasteiger partial charge in [-0.15, -0.1) is 0 Å². The minimum atomic E-state index is -0.0440. The van der Waals surface area contributed by atoms with Gasteiger partial charge >= 0.3 is 0 Å². The largest absolute Gasteiger partial charge is 0.293 e. The van der Waals surface area contributed by atoms with Crippen molar-refractivity contribution in [2.24, 2.45) is 0 Å². The van der Waals surface area contributed by atoms with Crippen LogP contribution in [0.2, 0.25) is 0 Å². The summed E-state index contributed by atoms with van der Waals surface area (Å²) in [6.07, 6.45) is 0. The third kappa shape index (κ3) is 2.32. The third-order valence-corrected chi connectivity index (χ3v) is 2.52. The summed E-state index contributed by atoms with van der Waals surface area (Å²) in [6.45, 7) is 10.1. The van der Waals surface area contributed by atoms with Crippen LogP contribution in [0.15, 0.2) is 11.5 Å². The lowest BCUT2D eigenvalue weighted by Crippen LogP contribution is -2.27. The summed E-state index contributed by atoms with van der Waals surface area (Å²) < 4.78 is 0.623. The van der Waals surface area contributed by atoms with E-state index in [2.05, 4.69) is 6.58 Å². The van der Waals surface area contributed by atoms with Gasteiger partial charge in [0.15, 0.2) is 0 Å². The highest BCUT2D eigenvalue weighted by Crippen LogP contribution is 2.28. The highest BCUT2D eigenvalue weighted by Gasteiger charge is 2.28. The average molecular weight is 203 g/mol. The Kier molecular flexibility index (Phi) is 5.17. The molecule has 68 valence electrons. The van der Waals surface area contributed by atoms with Crippen molar-refractivity contribution in [3.63, 3.8) is 0 Å². The number of nitrogens with zero attached hydrogens (tertiary/aromatic N) is 1. The van der Waals surface area contributed by atoms with Crippen molar-refractivity contribution in [3.8, 4) is 0 Å². The normalized spacial score (nSPS) is 16.2. The van der Waals surface area contributed by atoms with Crippen molar-refractivity contribution in [1.29, 1.82) is 0 Å². The van der Waals surface area contributed by atoms with E-state index >= 15 is 0 Å². The van der Waals surface area contributed by atoms with E-state index in [1.54, 1.807) is 4.90 Å². The first-order chi connectivity index (χ1) is 5.66. The Morgan fingerprint density at radius 1 is 1.58 bits per heavy atom. The predicted octanol–water partition coefficient (Wildman–Crippen LogP) is 2.41. The second-order valence-electron chi connectivity index (χ2n) is 1.84. The number of carbonyl (C=O) groups excluding carboxylic acids is 1. The molecule has 0 saturated carbocycles. The van der Waals surface area contributed by atoms with Crippen molar-refractivity contribution < 1.29 is 4.79 Å². The van der Waals surface area contributed by atoms with Crippen molar-refractivity contribution in [1.82, 2.24) is 4.90 Å². The highest BCUT2D eigenvalue weighted by atomic mass is 32.2. The van der Waals surface area contributed by atoms with Crippen molar-refractivity contribution in [2.75, 3.05) is 6.54 Å². The number of thioether (sulfide) groups is 1. The molecule has 0 N–H and O–H groups in total. The Morgan fingerprint density at radius 2 is 2.08 bits per heavy atom. The van der Waals surface area contributed by atoms with Crippen molar-refractivity contribution in [3.05, 3.63) is 11.5 Å². The second-order valence-corrected chi connectivity index (χ2v) is 3.57. The Morgan fingerprint density at radius 3 is 2.25 bits per heavy atom. The molecule has 4 heteroatoms. The topological polar surface area (TPSA) is 20.3 Å². The zero-order valence-corrected chi connectivity index (χ0v) is 9.22. The van der Waals surface area contributed by atoms with Gasteiger partial charge in [-0.05, 0) is 6.92 Å². The van der Waals surface area contributed by atoms with Gasteiger partial charge in [0.05, 0.1) is 4.91 Å². The molecule has 1 saturated heterocycles. The van der Waals surface area contributed by atoms with Crippen LogP contribution in [0.4, 0.5) is 0 Å². The van der Waals surface area contributed by atoms with Gasteiger partial charge in [0.1, 0.15) is 4.32 Å². The quantitative estimate of drug-likeness (QED) is 0.482. The molecule has 12 heavy (non-hydrogen) atoms. The molecule has 0 bridgehead atoms. The van der Waals surface area contributed by atoms with E-state index in [-0.39, 0.29) is 5.91 Å². The van der Waals surface area contributed by atoms with Crippen LogP contribution >= 0.6 is 24.0 Å². The first kappa shape index (κ1) is 11.6. The van der Waals surface area contributed by atoms with Crippen LogP contribution in [0.3, 0.4) is 0 Å². The minimum Gasteiger partial charge on any atom is -0.293 e. The fourth-order valence-corrected chi connectivity index (χ4v) is 1.95. The van der Waals surface area contributed by atoms with Crippen molar-refractivity contribution in [2.45, 2.75) is 20.8 Å². The summed E-state index contributed by atoms with van der Waals surface area (Å²) in [6, 6.07) is 0. The monoisotopic (exact) mass is 203 g/mol.